The number of methoxy groups -OCH3 is 1. The summed E-state index contributed by atoms with van der Waals surface area (Å²) in [4.78, 5) is 14.5. The Bertz CT molecular complexity index is 1360. The number of ether oxygens (including phenoxy) is 1. The summed E-state index contributed by atoms with van der Waals surface area (Å²) >= 11 is 12.8. The summed E-state index contributed by atoms with van der Waals surface area (Å²) in [5.41, 5.74) is 4.87. The molecule has 3 heterocycles. The summed E-state index contributed by atoms with van der Waals surface area (Å²) in [6, 6.07) is 13.9. The molecule has 2 aromatic heterocycles. The maximum atomic E-state index is 6.39. The molecule has 7 nitrogen and oxygen atoms in total. The Morgan fingerprint density at radius 3 is 2.44 bits per heavy atom. The van der Waals surface area contributed by atoms with Crippen molar-refractivity contribution < 1.29 is 4.74 Å². The Kier molecular flexibility index (Phi) is 7.23. The average Bonchev–Trinajstić information content (AvgIpc) is 3.25. The number of halogens is 2. The van der Waals surface area contributed by atoms with Crippen molar-refractivity contribution in [1.82, 2.24) is 19.4 Å². The van der Waals surface area contributed by atoms with E-state index < -0.39 is 0 Å². The fraction of sp³-hybridized carbons (Fsp3) is 0.333. The summed E-state index contributed by atoms with van der Waals surface area (Å²) in [7, 11) is 5.87. The van der Waals surface area contributed by atoms with Gasteiger partial charge in [0.25, 0.3) is 0 Å². The number of nitrogens with zero attached hydrogens (tertiary/aromatic N) is 5. The molecule has 0 unspecified atom stereocenters. The van der Waals surface area contributed by atoms with Crippen molar-refractivity contribution >= 4 is 45.7 Å². The van der Waals surface area contributed by atoms with Crippen LogP contribution in [-0.4, -0.2) is 59.8 Å². The molecule has 2 aromatic carbocycles. The van der Waals surface area contributed by atoms with Gasteiger partial charge in [0.15, 0.2) is 5.82 Å². The Labute approximate surface area is 221 Å². The van der Waals surface area contributed by atoms with Crippen LogP contribution in [0.4, 0.5) is 11.5 Å². The van der Waals surface area contributed by atoms with E-state index in [0.29, 0.717) is 28.8 Å². The third-order valence-electron chi connectivity index (χ3n) is 6.75. The van der Waals surface area contributed by atoms with Crippen LogP contribution in [-0.2, 0) is 20.0 Å². The predicted octanol–water partition coefficient (Wildman–Crippen LogP) is 5.24. The van der Waals surface area contributed by atoms with E-state index in [1.54, 1.807) is 7.11 Å². The first-order valence-corrected chi connectivity index (χ1v) is 12.8. The highest BCUT2D eigenvalue weighted by atomic mass is 35.5. The standard InChI is InChI=1S/C27H30Cl2N6O/c1-33-11-13-35(14-12-33)19-8-7-18(24(16-19)36-3)15-25-31-23-9-10-34(2)26(23)27(32-25)30-17-20-21(28)5-4-6-22(20)29/h4-10,16H,11-15,17H2,1-3H3,(H,30,31,32). The number of benzene rings is 2. The average molecular weight is 525 g/mol. The van der Waals surface area contributed by atoms with Crippen LogP contribution >= 0.6 is 23.2 Å². The minimum atomic E-state index is 0.457. The zero-order chi connectivity index (χ0) is 25.2. The Morgan fingerprint density at radius 2 is 1.72 bits per heavy atom. The van der Waals surface area contributed by atoms with Gasteiger partial charge in [0.1, 0.15) is 17.1 Å². The lowest BCUT2D eigenvalue weighted by atomic mass is 10.1. The van der Waals surface area contributed by atoms with Crippen molar-refractivity contribution in [3.63, 3.8) is 0 Å². The number of rotatable bonds is 7. The number of piperazine rings is 1. The van der Waals surface area contributed by atoms with Crippen LogP contribution in [0.15, 0.2) is 48.7 Å². The van der Waals surface area contributed by atoms with E-state index in [1.165, 1.54) is 5.69 Å². The number of likely N-dealkylation sites (N-methyl/N-ethyl adjacent to an activating group) is 1. The van der Waals surface area contributed by atoms with Crippen LogP contribution in [0.2, 0.25) is 10.0 Å². The SMILES string of the molecule is COc1cc(N2CCN(C)CC2)ccc1Cc1nc(NCc2c(Cl)cccc2Cl)c2c(ccn2C)n1. The summed E-state index contributed by atoms with van der Waals surface area (Å²) in [6.07, 6.45) is 2.54. The Morgan fingerprint density at radius 1 is 0.972 bits per heavy atom. The highest BCUT2D eigenvalue weighted by molar-refractivity contribution is 6.36. The zero-order valence-corrected chi connectivity index (χ0v) is 22.3. The molecule has 1 saturated heterocycles. The van der Waals surface area contributed by atoms with Crippen LogP contribution < -0.4 is 15.0 Å². The van der Waals surface area contributed by atoms with Crippen LogP contribution in [0.5, 0.6) is 5.75 Å². The molecular formula is C27H30Cl2N6O. The molecule has 0 aliphatic carbocycles. The lowest BCUT2D eigenvalue weighted by Crippen LogP contribution is -2.44. The van der Waals surface area contributed by atoms with Crippen LogP contribution in [0.25, 0.3) is 11.0 Å². The predicted molar refractivity (Wildman–Crippen MR) is 148 cm³/mol. The maximum absolute atomic E-state index is 6.39. The van der Waals surface area contributed by atoms with E-state index in [9.17, 15) is 0 Å². The topological polar surface area (TPSA) is 58.5 Å². The molecular weight excluding hydrogens is 495 g/mol. The molecule has 1 N–H and O–H groups in total. The maximum Gasteiger partial charge on any atom is 0.154 e. The minimum absolute atomic E-state index is 0.457. The summed E-state index contributed by atoms with van der Waals surface area (Å²) in [5, 5.41) is 4.69. The van der Waals surface area contributed by atoms with Gasteiger partial charge in [-0.1, -0.05) is 35.3 Å². The summed E-state index contributed by atoms with van der Waals surface area (Å²) in [5.74, 6) is 2.30. The summed E-state index contributed by atoms with van der Waals surface area (Å²) < 4.78 is 7.80. The number of anilines is 2. The molecule has 0 radical (unpaired) electrons. The Hall–Kier alpha value is -3.00. The van der Waals surface area contributed by atoms with Crippen molar-refractivity contribution in [3.8, 4) is 5.75 Å². The number of hydrogen-bond donors (Lipinski definition) is 1. The monoisotopic (exact) mass is 524 g/mol. The van der Waals surface area contributed by atoms with E-state index in [1.807, 2.05) is 42.1 Å². The lowest BCUT2D eigenvalue weighted by molar-refractivity contribution is 0.312. The summed E-state index contributed by atoms with van der Waals surface area (Å²) in [6.45, 7) is 4.60. The number of fused-ring (bicyclic) bond motifs is 1. The van der Waals surface area contributed by atoms with Gasteiger partial charge < -0.3 is 24.4 Å². The zero-order valence-electron chi connectivity index (χ0n) is 20.8. The van der Waals surface area contributed by atoms with Crippen LogP contribution in [0.1, 0.15) is 17.0 Å². The highest BCUT2D eigenvalue weighted by Gasteiger charge is 2.18. The number of hydrogen-bond acceptors (Lipinski definition) is 6. The third kappa shape index (κ3) is 5.09. The quantitative estimate of drug-likeness (QED) is 0.356. The first-order chi connectivity index (χ1) is 17.4. The van der Waals surface area contributed by atoms with Gasteiger partial charge in [0.2, 0.25) is 0 Å². The molecule has 1 aliphatic rings. The molecule has 0 spiro atoms. The van der Waals surface area contributed by atoms with Gasteiger partial charge in [-0.25, -0.2) is 9.97 Å². The third-order valence-corrected chi connectivity index (χ3v) is 7.46. The molecule has 36 heavy (non-hydrogen) atoms. The van der Waals surface area contributed by atoms with E-state index in [0.717, 1.165) is 59.9 Å². The number of aryl methyl sites for hydroxylation is 1. The van der Waals surface area contributed by atoms with Gasteiger partial charge in [0, 0.05) is 85.3 Å². The lowest BCUT2D eigenvalue weighted by Gasteiger charge is -2.34. The highest BCUT2D eigenvalue weighted by Crippen LogP contribution is 2.30. The molecule has 1 fully saturated rings. The van der Waals surface area contributed by atoms with Gasteiger partial charge >= 0.3 is 0 Å². The van der Waals surface area contributed by atoms with Gasteiger partial charge in [0.05, 0.1) is 12.6 Å². The molecule has 0 atom stereocenters. The van der Waals surface area contributed by atoms with Gasteiger partial charge in [-0.15, -0.1) is 0 Å². The van der Waals surface area contributed by atoms with E-state index >= 15 is 0 Å². The molecule has 9 heteroatoms. The van der Waals surface area contributed by atoms with E-state index in [2.05, 4.69) is 40.4 Å². The second kappa shape index (κ2) is 10.5. The van der Waals surface area contributed by atoms with Crippen molar-refractivity contribution in [2.45, 2.75) is 13.0 Å². The van der Waals surface area contributed by atoms with Gasteiger partial charge in [-0.05, 0) is 31.3 Å². The largest absolute Gasteiger partial charge is 0.496 e. The van der Waals surface area contributed by atoms with Gasteiger partial charge in [-0.3, -0.25) is 0 Å². The molecule has 5 rings (SSSR count). The van der Waals surface area contributed by atoms with E-state index in [4.69, 9.17) is 37.9 Å². The van der Waals surface area contributed by atoms with Crippen molar-refractivity contribution in [2.75, 3.05) is 50.6 Å². The smallest absolute Gasteiger partial charge is 0.154 e. The molecule has 0 saturated carbocycles. The normalized spacial score (nSPS) is 14.4. The molecule has 0 amide bonds. The number of aromatic nitrogens is 3. The second-order valence-corrected chi connectivity index (χ2v) is 9.98. The molecule has 0 bridgehead atoms. The van der Waals surface area contributed by atoms with Crippen LogP contribution in [0.3, 0.4) is 0 Å². The molecule has 188 valence electrons. The second-order valence-electron chi connectivity index (χ2n) is 9.17. The van der Waals surface area contributed by atoms with Crippen molar-refractivity contribution in [3.05, 3.63) is 75.7 Å². The fourth-order valence-electron chi connectivity index (χ4n) is 4.63. The number of nitrogens with one attached hydrogen (secondary N) is 1. The van der Waals surface area contributed by atoms with E-state index in [-0.39, 0.29) is 0 Å². The minimum Gasteiger partial charge on any atom is -0.496 e. The first-order valence-electron chi connectivity index (χ1n) is 12.0. The van der Waals surface area contributed by atoms with Crippen LogP contribution in [0, 0.1) is 0 Å². The first kappa shape index (κ1) is 24.7. The fourth-order valence-corrected chi connectivity index (χ4v) is 5.16. The molecule has 1 aliphatic heterocycles. The Balaban J connectivity index is 1.42. The van der Waals surface area contributed by atoms with Crippen molar-refractivity contribution in [1.29, 1.82) is 0 Å². The molecule has 4 aromatic rings. The van der Waals surface area contributed by atoms with Gasteiger partial charge in [-0.2, -0.15) is 0 Å². The van der Waals surface area contributed by atoms with Crippen molar-refractivity contribution in [2.24, 2.45) is 7.05 Å².